The third-order valence-corrected chi connectivity index (χ3v) is 2.76. The Hall–Kier alpha value is -0.350. The molecule has 0 fully saturated rings. The third-order valence-electron chi connectivity index (χ3n) is 1.62. The van der Waals surface area contributed by atoms with Gasteiger partial charge >= 0.3 is 0 Å². The van der Waals surface area contributed by atoms with E-state index in [1.165, 1.54) is 21.0 Å². The minimum atomic E-state index is 1.33. The molecule has 0 nitrogen and oxygen atoms in total. The molecule has 1 heterocycles. The van der Waals surface area contributed by atoms with Gasteiger partial charge in [0.05, 0.1) is 0 Å². The Morgan fingerprint density at radius 3 is 2.75 bits per heavy atom. The predicted octanol–water partition coefficient (Wildman–Crippen LogP) is 2.37. The Morgan fingerprint density at radius 1 is 1.38 bits per heavy atom. The van der Waals surface area contributed by atoms with E-state index in [-0.39, 0.29) is 0 Å². The van der Waals surface area contributed by atoms with Crippen LogP contribution in [-0.4, -0.2) is 0 Å². The molecule has 0 radical (unpaired) electrons. The molecule has 40 valence electrons. The van der Waals surface area contributed by atoms with Crippen LogP contribution in [0.5, 0.6) is 0 Å². The molecule has 0 spiro atoms. The molecule has 0 atom stereocenters. The summed E-state index contributed by atoms with van der Waals surface area (Å²) in [6.07, 6.45) is 2.67. The van der Waals surface area contributed by atoms with Crippen molar-refractivity contribution in [3.05, 3.63) is 28.8 Å². The fourth-order valence-corrected chi connectivity index (χ4v) is 1.95. The molecule has 2 rings (SSSR count). The maximum absolute atomic E-state index is 2.23. The highest BCUT2D eigenvalue weighted by molar-refractivity contribution is 7.30. The molecule has 1 aliphatic rings. The highest BCUT2D eigenvalue weighted by Gasteiger charge is 2.09. The van der Waals surface area contributed by atoms with Crippen LogP contribution in [0.4, 0.5) is 0 Å². The molecule has 1 heteroatoms. The van der Waals surface area contributed by atoms with Crippen molar-refractivity contribution in [3.8, 4) is 0 Å². The minimum absolute atomic E-state index is 1.33. The molecular formula is C7H7P. The summed E-state index contributed by atoms with van der Waals surface area (Å²) in [4.78, 5) is 0. The Morgan fingerprint density at radius 2 is 2.38 bits per heavy atom. The van der Waals surface area contributed by atoms with Crippen molar-refractivity contribution >= 4 is 8.19 Å². The van der Waals surface area contributed by atoms with Crippen LogP contribution < -0.4 is 0 Å². The fraction of sp³-hybridized carbons (Fsp3) is 0.286. The summed E-state index contributed by atoms with van der Waals surface area (Å²) in [5.41, 5.74) is 1.59. The Labute approximate surface area is 50.7 Å². The molecule has 0 saturated carbocycles. The Balaban J connectivity index is 2.62. The Bertz CT molecular complexity index is 182. The molecule has 0 amide bonds. The molecular weight excluding hydrogens is 115 g/mol. The zero-order valence-electron chi connectivity index (χ0n) is 4.59. The molecule has 0 unspecified atom stereocenters. The number of hydrogen-bond acceptors (Lipinski definition) is 0. The highest BCUT2D eigenvalue weighted by atomic mass is 31.0. The van der Waals surface area contributed by atoms with E-state index >= 15 is 0 Å². The van der Waals surface area contributed by atoms with E-state index in [4.69, 9.17) is 0 Å². The summed E-state index contributed by atoms with van der Waals surface area (Å²) in [7, 11) is 1.45. The predicted molar refractivity (Wildman–Crippen MR) is 36.4 cm³/mol. The molecule has 0 N–H and O–H groups in total. The lowest BCUT2D eigenvalue weighted by atomic mass is 9.98. The smallest absolute Gasteiger partial charge is 0.0171 e. The molecule has 0 aromatic carbocycles. The zero-order chi connectivity index (χ0) is 5.40. The van der Waals surface area contributed by atoms with E-state index < -0.39 is 0 Å². The van der Waals surface area contributed by atoms with Crippen LogP contribution >= 0.6 is 8.19 Å². The Kier molecular flexibility index (Phi) is 0.884. The standard InChI is InChI=1S/C7H7P/c1-2-6-3-4-7(6)8-5-1/h1-2,5H,3-4H2. The first-order valence-electron chi connectivity index (χ1n) is 2.89. The topological polar surface area (TPSA) is 0 Å². The van der Waals surface area contributed by atoms with Gasteiger partial charge in [-0.2, -0.15) is 0 Å². The van der Waals surface area contributed by atoms with Crippen molar-refractivity contribution in [2.45, 2.75) is 12.8 Å². The van der Waals surface area contributed by atoms with Gasteiger partial charge in [-0.25, -0.2) is 0 Å². The van der Waals surface area contributed by atoms with Crippen molar-refractivity contribution in [1.29, 1.82) is 0 Å². The summed E-state index contributed by atoms with van der Waals surface area (Å²) in [5, 5.41) is 1.65. The lowest BCUT2D eigenvalue weighted by Gasteiger charge is -2.15. The van der Waals surface area contributed by atoms with Gasteiger partial charge in [-0.05, 0) is 29.5 Å². The molecule has 1 aliphatic carbocycles. The van der Waals surface area contributed by atoms with Gasteiger partial charge in [0.2, 0.25) is 0 Å². The molecule has 1 aromatic rings. The maximum Gasteiger partial charge on any atom is -0.0171 e. The van der Waals surface area contributed by atoms with Gasteiger partial charge < -0.3 is 0 Å². The number of hydrogen-bond donors (Lipinski definition) is 0. The second-order valence-electron chi connectivity index (χ2n) is 2.11. The quantitative estimate of drug-likeness (QED) is 0.495. The minimum Gasteiger partial charge on any atom is -0.0726 e. The van der Waals surface area contributed by atoms with Crippen LogP contribution in [0.1, 0.15) is 10.9 Å². The van der Waals surface area contributed by atoms with E-state index in [9.17, 15) is 0 Å². The van der Waals surface area contributed by atoms with Gasteiger partial charge in [0, 0.05) is 0 Å². The molecule has 8 heavy (non-hydrogen) atoms. The summed E-state index contributed by atoms with van der Waals surface area (Å²) in [5.74, 6) is 2.21. The van der Waals surface area contributed by atoms with Gasteiger partial charge in [-0.1, -0.05) is 20.3 Å². The van der Waals surface area contributed by atoms with Crippen molar-refractivity contribution in [2.75, 3.05) is 0 Å². The van der Waals surface area contributed by atoms with E-state index in [1.807, 2.05) is 0 Å². The first-order chi connectivity index (χ1) is 3.97. The van der Waals surface area contributed by atoms with Crippen LogP contribution in [0.2, 0.25) is 0 Å². The van der Waals surface area contributed by atoms with Gasteiger partial charge in [0.1, 0.15) is 0 Å². The van der Waals surface area contributed by atoms with E-state index in [0.717, 1.165) is 0 Å². The van der Waals surface area contributed by atoms with Crippen LogP contribution in [0, 0.1) is 0 Å². The number of rotatable bonds is 0. The molecule has 0 bridgehead atoms. The van der Waals surface area contributed by atoms with Crippen molar-refractivity contribution in [1.82, 2.24) is 0 Å². The number of fused-ring (bicyclic) bond motifs is 1. The molecule has 1 aromatic heterocycles. The molecule has 0 saturated heterocycles. The molecule has 0 aliphatic heterocycles. The first-order valence-corrected chi connectivity index (χ1v) is 3.86. The lowest BCUT2D eigenvalue weighted by Crippen LogP contribution is -2.03. The number of aryl methyl sites for hydroxylation is 2. The normalized spacial score (nSPS) is 15.5. The third kappa shape index (κ3) is 0.499. The van der Waals surface area contributed by atoms with Crippen molar-refractivity contribution in [3.63, 3.8) is 0 Å². The lowest BCUT2D eigenvalue weighted by molar-refractivity contribution is 0.867. The fourth-order valence-electron chi connectivity index (χ4n) is 1.00. The average molecular weight is 122 g/mol. The largest absolute Gasteiger partial charge is 0.0726 e. The average Bonchev–Trinajstić information content (AvgIpc) is 1.72. The van der Waals surface area contributed by atoms with E-state index in [2.05, 4.69) is 17.9 Å². The van der Waals surface area contributed by atoms with Crippen LogP contribution in [0.15, 0.2) is 17.9 Å². The van der Waals surface area contributed by atoms with E-state index in [1.54, 1.807) is 10.9 Å². The second-order valence-corrected chi connectivity index (χ2v) is 3.21. The van der Waals surface area contributed by atoms with Crippen LogP contribution in [-0.2, 0) is 12.8 Å². The SMILES string of the molecule is c1cpc2c(c1)CC2. The van der Waals surface area contributed by atoms with Crippen LogP contribution in [0.25, 0.3) is 0 Å². The summed E-state index contributed by atoms with van der Waals surface area (Å²) in [6.45, 7) is 0. The van der Waals surface area contributed by atoms with Gasteiger partial charge in [-0.15, -0.1) is 0 Å². The van der Waals surface area contributed by atoms with Crippen molar-refractivity contribution in [2.24, 2.45) is 0 Å². The van der Waals surface area contributed by atoms with Crippen molar-refractivity contribution < 1.29 is 0 Å². The van der Waals surface area contributed by atoms with Gasteiger partial charge in [0.25, 0.3) is 0 Å². The summed E-state index contributed by atoms with van der Waals surface area (Å²) >= 11 is 0. The highest BCUT2D eigenvalue weighted by Crippen LogP contribution is 2.28. The monoisotopic (exact) mass is 122 g/mol. The van der Waals surface area contributed by atoms with E-state index in [0.29, 0.717) is 0 Å². The summed E-state index contributed by atoms with van der Waals surface area (Å²) in [6, 6.07) is 4.38. The summed E-state index contributed by atoms with van der Waals surface area (Å²) < 4.78 is 0. The first kappa shape index (κ1) is 4.52. The second kappa shape index (κ2) is 1.56. The van der Waals surface area contributed by atoms with Crippen LogP contribution in [0.3, 0.4) is 0 Å². The van der Waals surface area contributed by atoms with Gasteiger partial charge in [-0.3, -0.25) is 0 Å². The van der Waals surface area contributed by atoms with Gasteiger partial charge in [0.15, 0.2) is 0 Å². The zero-order valence-corrected chi connectivity index (χ0v) is 5.49. The maximum atomic E-state index is 2.23.